The number of anilines is 1. The van der Waals surface area contributed by atoms with Crippen molar-refractivity contribution >= 4 is 22.5 Å². The van der Waals surface area contributed by atoms with Gasteiger partial charge in [0.25, 0.3) is 0 Å². The predicted molar refractivity (Wildman–Crippen MR) is 97.5 cm³/mol. The number of hydrogen-bond acceptors (Lipinski definition) is 2. The lowest BCUT2D eigenvalue weighted by molar-refractivity contribution is 0.249. The fourth-order valence-electron chi connectivity index (χ4n) is 2.74. The number of amides is 2. The summed E-state index contributed by atoms with van der Waals surface area (Å²) in [5, 5.41) is 8.14. The molecule has 0 aliphatic rings. The quantitative estimate of drug-likeness (QED) is 0.730. The summed E-state index contributed by atoms with van der Waals surface area (Å²) < 4.78 is 5.11. The molecule has 0 saturated heterocycles. The van der Waals surface area contributed by atoms with Crippen molar-refractivity contribution in [2.24, 2.45) is 0 Å². The molecule has 0 heterocycles. The van der Waals surface area contributed by atoms with Gasteiger partial charge in [0.05, 0.1) is 13.2 Å². The average Bonchev–Trinajstić information content (AvgIpc) is 2.61. The largest absolute Gasteiger partial charge is 0.497 e. The molecule has 24 heavy (non-hydrogen) atoms. The van der Waals surface area contributed by atoms with Crippen LogP contribution in [0.1, 0.15) is 18.5 Å². The van der Waals surface area contributed by atoms with Gasteiger partial charge in [-0.2, -0.15) is 0 Å². The molecule has 0 radical (unpaired) electrons. The number of fused-ring (bicyclic) bond motifs is 1. The van der Waals surface area contributed by atoms with E-state index in [1.807, 2.05) is 43.3 Å². The molecule has 0 saturated carbocycles. The van der Waals surface area contributed by atoms with Crippen molar-refractivity contribution in [1.82, 2.24) is 5.32 Å². The molecule has 2 amide bonds. The van der Waals surface area contributed by atoms with Gasteiger partial charge in [-0.25, -0.2) is 4.79 Å². The lowest BCUT2D eigenvalue weighted by atomic mass is 10.00. The monoisotopic (exact) mass is 320 g/mol. The zero-order valence-electron chi connectivity index (χ0n) is 13.7. The van der Waals surface area contributed by atoms with Crippen LogP contribution < -0.4 is 15.4 Å². The smallest absolute Gasteiger partial charge is 0.319 e. The highest BCUT2D eigenvalue weighted by molar-refractivity contribution is 5.91. The molecule has 4 nitrogen and oxygen atoms in total. The minimum atomic E-state index is -0.236. The zero-order valence-corrected chi connectivity index (χ0v) is 13.7. The van der Waals surface area contributed by atoms with E-state index in [0.29, 0.717) is 0 Å². The van der Waals surface area contributed by atoms with Crippen molar-refractivity contribution in [3.63, 3.8) is 0 Å². The third kappa shape index (κ3) is 3.49. The van der Waals surface area contributed by atoms with Crippen LogP contribution >= 0.6 is 0 Å². The van der Waals surface area contributed by atoms with Crippen LogP contribution in [0.4, 0.5) is 10.5 Å². The number of rotatable bonds is 4. The molecule has 0 spiro atoms. The van der Waals surface area contributed by atoms with Gasteiger partial charge in [0, 0.05) is 5.69 Å². The van der Waals surface area contributed by atoms with E-state index in [1.54, 1.807) is 19.2 Å². The lowest BCUT2D eigenvalue weighted by Crippen LogP contribution is -2.31. The highest BCUT2D eigenvalue weighted by Gasteiger charge is 2.12. The maximum atomic E-state index is 12.2. The Bertz CT molecular complexity index is 838. The van der Waals surface area contributed by atoms with Gasteiger partial charge in [-0.15, -0.1) is 0 Å². The summed E-state index contributed by atoms with van der Waals surface area (Å²) >= 11 is 0. The Kier molecular flexibility index (Phi) is 4.66. The Hall–Kier alpha value is -3.01. The lowest BCUT2D eigenvalue weighted by Gasteiger charge is -2.17. The van der Waals surface area contributed by atoms with Gasteiger partial charge in [0.15, 0.2) is 0 Å². The first-order valence-corrected chi connectivity index (χ1v) is 7.86. The maximum absolute atomic E-state index is 12.2. The second-order valence-electron chi connectivity index (χ2n) is 5.62. The van der Waals surface area contributed by atoms with Crippen LogP contribution in [-0.4, -0.2) is 13.1 Å². The molecule has 122 valence electrons. The molecule has 4 heteroatoms. The SMILES string of the molecule is COc1ccc(NC(=O)NC(C)c2cccc3ccccc23)cc1. The summed E-state index contributed by atoms with van der Waals surface area (Å²) in [4.78, 5) is 12.2. The zero-order chi connectivity index (χ0) is 16.9. The first-order valence-electron chi connectivity index (χ1n) is 7.86. The molecule has 0 aromatic heterocycles. The number of carbonyl (C=O) groups excluding carboxylic acids is 1. The summed E-state index contributed by atoms with van der Waals surface area (Å²) in [7, 11) is 1.61. The van der Waals surface area contributed by atoms with Gasteiger partial charge in [-0.05, 0) is 47.5 Å². The second-order valence-corrected chi connectivity index (χ2v) is 5.62. The number of carbonyl (C=O) groups is 1. The van der Waals surface area contributed by atoms with Crippen molar-refractivity contribution in [3.05, 3.63) is 72.3 Å². The Balaban J connectivity index is 1.71. The van der Waals surface area contributed by atoms with E-state index in [4.69, 9.17) is 4.74 Å². The first-order chi connectivity index (χ1) is 11.7. The van der Waals surface area contributed by atoms with Crippen molar-refractivity contribution in [2.45, 2.75) is 13.0 Å². The molecule has 1 unspecified atom stereocenters. The van der Waals surface area contributed by atoms with E-state index in [9.17, 15) is 4.79 Å². The second kappa shape index (κ2) is 7.04. The van der Waals surface area contributed by atoms with E-state index in [0.717, 1.165) is 22.4 Å². The fraction of sp³-hybridized carbons (Fsp3) is 0.150. The third-order valence-electron chi connectivity index (χ3n) is 3.99. The Morgan fingerprint density at radius 2 is 1.67 bits per heavy atom. The van der Waals surface area contributed by atoms with Gasteiger partial charge in [0.2, 0.25) is 0 Å². The van der Waals surface area contributed by atoms with Crippen LogP contribution in [0.2, 0.25) is 0 Å². The van der Waals surface area contributed by atoms with Crippen molar-refractivity contribution in [1.29, 1.82) is 0 Å². The number of methoxy groups -OCH3 is 1. The number of hydrogen-bond donors (Lipinski definition) is 2. The molecule has 3 rings (SSSR count). The number of ether oxygens (including phenoxy) is 1. The third-order valence-corrected chi connectivity index (χ3v) is 3.99. The van der Waals surface area contributed by atoms with E-state index < -0.39 is 0 Å². The van der Waals surface area contributed by atoms with E-state index in [-0.39, 0.29) is 12.1 Å². The van der Waals surface area contributed by atoms with Crippen LogP contribution in [0.5, 0.6) is 5.75 Å². The van der Waals surface area contributed by atoms with Crippen LogP contribution in [-0.2, 0) is 0 Å². The van der Waals surface area contributed by atoms with E-state index >= 15 is 0 Å². The van der Waals surface area contributed by atoms with E-state index in [2.05, 4.69) is 28.8 Å². The summed E-state index contributed by atoms with van der Waals surface area (Å²) in [6.07, 6.45) is 0. The molecular formula is C20H20N2O2. The molecule has 2 N–H and O–H groups in total. The molecule has 3 aromatic carbocycles. The minimum absolute atomic E-state index is 0.102. The van der Waals surface area contributed by atoms with Gasteiger partial charge < -0.3 is 15.4 Å². The summed E-state index contributed by atoms with van der Waals surface area (Å²) in [6, 6.07) is 21.2. The van der Waals surface area contributed by atoms with Crippen LogP contribution in [0.3, 0.4) is 0 Å². The summed E-state index contributed by atoms with van der Waals surface area (Å²) in [5.74, 6) is 0.755. The van der Waals surface area contributed by atoms with Crippen LogP contribution in [0.15, 0.2) is 66.7 Å². The number of urea groups is 1. The minimum Gasteiger partial charge on any atom is -0.497 e. The predicted octanol–water partition coefficient (Wildman–Crippen LogP) is 4.73. The topological polar surface area (TPSA) is 50.4 Å². The Morgan fingerprint density at radius 1 is 0.958 bits per heavy atom. The average molecular weight is 320 g/mol. The molecule has 0 aliphatic carbocycles. The fourth-order valence-corrected chi connectivity index (χ4v) is 2.74. The normalized spacial score (nSPS) is 11.8. The van der Waals surface area contributed by atoms with Gasteiger partial charge in [-0.3, -0.25) is 0 Å². The van der Waals surface area contributed by atoms with Crippen LogP contribution in [0.25, 0.3) is 10.8 Å². The molecule has 0 aliphatic heterocycles. The molecular weight excluding hydrogens is 300 g/mol. The summed E-state index contributed by atoms with van der Waals surface area (Å²) in [6.45, 7) is 1.98. The Morgan fingerprint density at radius 3 is 2.42 bits per heavy atom. The molecule has 0 fully saturated rings. The Labute approximate surface area is 141 Å². The maximum Gasteiger partial charge on any atom is 0.319 e. The van der Waals surface area contributed by atoms with Crippen molar-refractivity contribution < 1.29 is 9.53 Å². The molecule has 0 bridgehead atoms. The van der Waals surface area contributed by atoms with Crippen LogP contribution in [0, 0.1) is 0 Å². The molecule has 1 atom stereocenters. The summed E-state index contributed by atoms with van der Waals surface area (Å²) in [5.41, 5.74) is 1.82. The number of benzene rings is 3. The highest BCUT2D eigenvalue weighted by Crippen LogP contribution is 2.24. The van der Waals surface area contributed by atoms with Gasteiger partial charge >= 0.3 is 6.03 Å². The number of nitrogens with one attached hydrogen (secondary N) is 2. The van der Waals surface area contributed by atoms with Gasteiger partial charge in [0.1, 0.15) is 5.75 Å². The first kappa shape index (κ1) is 15.9. The van der Waals surface area contributed by atoms with Crippen molar-refractivity contribution in [3.8, 4) is 5.75 Å². The molecule has 3 aromatic rings. The van der Waals surface area contributed by atoms with E-state index in [1.165, 1.54) is 5.39 Å². The van der Waals surface area contributed by atoms with Gasteiger partial charge in [-0.1, -0.05) is 42.5 Å². The highest BCUT2D eigenvalue weighted by atomic mass is 16.5. The standard InChI is InChI=1S/C20H20N2O2/c1-14(18-9-5-7-15-6-3-4-8-19(15)18)21-20(23)22-16-10-12-17(24-2)13-11-16/h3-14H,1-2H3,(H2,21,22,23). The van der Waals surface area contributed by atoms with Crippen molar-refractivity contribution in [2.75, 3.05) is 12.4 Å².